The molecule has 21 nitrogen and oxygen atoms in total. The quantitative estimate of drug-likeness (QED) is 0.0362. The van der Waals surface area contributed by atoms with Gasteiger partial charge in [0.05, 0.1) is 10.3 Å². The second-order valence-corrected chi connectivity index (χ2v) is 15.9. The topological polar surface area (TPSA) is 367 Å². The fourth-order valence-corrected chi connectivity index (χ4v) is 7.54. The molecule has 0 aromatic heterocycles. The third-order valence-corrected chi connectivity index (χ3v) is 10.3. The number of hydrogen-bond donors (Lipinski definition) is 11. The van der Waals surface area contributed by atoms with Crippen molar-refractivity contribution >= 4 is 108 Å². The van der Waals surface area contributed by atoms with Crippen molar-refractivity contribution in [2.75, 3.05) is 0 Å². The number of nitrogens with two attached hydrogens (primary N) is 2. The van der Waals surface area contributed by atoms with Crippen LogP contribution in [0.25, 0.3) is 21.5 Å². The summed E-state index contributed by atoms with van der Waals surface area (Å²) in [6.07, 6.45) is 0. The van der Waals surface area contributed by atoms with Crippen molar-refractivity contribution in [1.29, 1.82) is 0 Å². The number of amidine groups is 1. The smallest absolute Gasteiger partial charge is 0.505 e. The molecule has 0 unspecified atom stereocenters. The number of quaternary nitrogens is 1. The molecule has 0 bridgehead atoms. The fraction of sp³-hybridized carbons (Fsp3) is 0. The van der Waals surface area contributed by atoms with Crippen LogP contribution in [-0.2, 0) is 57.5 Å². The van der Waals surface area contributed by atoms with Crippen molar-refractivity contribution < 1.29 is 99.5 Å². The van der Waals surface area contributed by atoms with Gasteiger partial charge in [-0.15, -0.1) is 20.5 Å². The van der Waals surface area contributed by atoms with Crippen LogP contribution in [0.2, 0.25) is 0 Å². The van der Waals surface area contributed by atoms with Gasteiger partial charge in [-0.2, -0.15) is 39.4 Å². The van der Waals surface area contributed by atoms with E-state index in [1.165, 1.54) is 5.32 Å². The largest absolute Gasteiger partial charge is 0.575 e. The van der Waals surface area contributed by atoms with Crippen molar-refractivity contribution in [3.63, 3.8) is 0 Å². The molecule has 0 amide bonds. The molecule has 1 aliphatic rings. The average Bonchev–Trinajstić information content (AvgIpc) is 2.94. The second kappa shape index (κ2) is 13.2. The number of hydrogen-bond acceptors (Lipinski definition) is 13. The first-order valence-electron chi connectivity index (χ1n) is 12.6. The van der Waals surface area contributed by atoms with E-state index in [0.717, 1.165) is 30.3 Å². The van der Waals surface area contributed by atoms with Gasteiger partial charge in [0.25, 0.3) is 40.5 Å². The molecule has 4 aromatic rings. The molecule has 50 heavy (non-hydrogen) atoms. The van der Waals surface area contributed by atoms with E-state index in [0.29, 0.717) is 12.1 Å². The van der Waals surface area contributed by atoms with Crippen molar-refractivity contribution in [3.8, 4) is 11.5 Å². The Labute approximate surface area is 295 Å². The van der Waals surface area contributed by atoms with Crippen LogP contribution in [0.1, 0.15) is 0 Å². The summed E-state index contributed by atoms with van der Waals surface area (Å²) in [6, 6.07) is 5.36. The first-order chi connectivity index (χ1) is 22.5. The number of halogens is 1. The van der Waals surface area contributed by atoms with Gasteiger partial charge < -0.3 is 10.2 Å². The molecule has 0 spiro atoms. The van der Waals surface area contributed by atoms with Crippen molar-refractivity contribution in [2.45, 2.75) is 19.6 Å². The third-order valence-electron chi connectivity index (χ3n) is 6.62. The Kier molecular flexibility index (Phi) is 10.2. The molecule has 4 aromatic carbocycles. The van der Waals surface area contributed by atoms with Crippen LogP contribution in [-0.4, -0.2) is 79.3 Å². The number of guanidine groups is 2. The molecule has 0 saturated carbocycles. The Morgan fingerprint density at radius 3 is 1.92 bits per heavy atom. The number of nitrogens with one attached hydrogen (secondary N) is 3. The van der Waals surface area contributed by atoms with E-state index in [1.807, 2.05) is 0 Å². The standard InChI is InChI=1S/C23H16ClN7O14S4.Cu/c24-21-27-22(25)29-23(28-21)26-11-6-9(46(34,35)36)4-8-5-15(49(43,44)45)18(20(33)16(8)11)31-30-12-7-14(48(40,41)42)10-2-1-3-13(47(37,38)39)17(10)19(12)32;/h1-7,32-33H,(H,34,35,36)(H,37,38,39)(H,40,41,42)(H,43,44,45)(H3,25,26,27,28,29);/p+4. The first-order valence-corrected chi connectivity index (χ1v) is 18.7. The molecular formula is C23H20ClCuN7O14S4+4. The van der Waals surface area contributed by atoms with Crippen LogP contribution in [0.5, 0.6) is 11.5 Å². The van der Waals surface area contributed by atoms with Crippen LogP contribution in [0.4, 0.5) is 17.1 Å². The number of azo groups is 1. The van der Waals surface area contributed by atoms with Crippen molar-refractivity contribution in [2.24, 2.45) is 16.0 Å². The normalized spacial score (nSPS) is 15.3. The molecule has 27 heteroatoms. The van der Waals surface area contributed by atoms with Gasteiger partial charge in [0, 0.05) is 45.5 Å². The molecule has 0 saturated heterocycles. The molecule has 1 radical (unpaired) electrons. The maximum Gasteiger partial charge on any atom is 0.575 e. The minimum Gasteiger partial charge on any atom is -0.505 e. The predicted molar refractivity (Wildman–Crippen MR) is 164 cm³/mol. The van der Waals surface area contributed by atoms with Crippen molar-refractivity contribution in [3.05, 3.63) is 42.5 Å². The number of rotatable bonds is 7. The monoisotopic (exact) mass is 844 g/mol. The molecule has 1 aliphatic heterocycles. The van der Waals surface area contributed by atoms with Gasteiger partial charge in [-0.05, 0) is 34.6 Å². The van der Waals surface area contributed by atoms with E-state index in [1.54, 1.807) is 0 Å². The van der Waals surface area contributed by atoms with Gasteiger partial charge in [-0.3, -0.25) is 18.2 Å². The molecule has 13 N–H and O–H groups in total. The van der Waals surface area contributed by atoms with E-state index in [2.05, 4.69) is 25.2 Å². The summed E-state index contributed by atoms with van der Waals surface area (Å²) in [7, 11) is -20.8. The Morgan fingerprint density at radius 1 is 0.740 bits per heavy atom. The van der Waals surface area contributed by atoms with Gasteiger partial charge in [-0.25, -0.2) is 0 Å². The minimum absolute atomic E-state index is 0. The zero-order valence-electron chi connectivity index (χ0n) is 23.9. The number of benzene rings is 4. The van der Waals surface area contributed by atoms with Gasteiger partial charge >= 0.3 is 17.2 Å². The Bertz CT molecular complexity index is 2740. The fourth-order valence-electron chi connectivity index (χ4n) is 4.70. The van der Waals surface area contributed by atoms with E-state index < -0.39 is 104 Å². The summed E-state index contributed by atoms with van der Waals surface area (Å²) in [5.41, 5.74) is 3.26. The summed E-state index contributed by atoms with van der Waals surface area (Å²) >= 11 is 5.96. The van der Waals surface area contributed by atoms with Crippen LogP contribution < -0.4 is 26.0 Å². The molecule has 5 rings (SSSR count). The Hall–Kier alpha value is -4.18. The zero-order valence-corrected chi connectivity index (χ0v) is 28.8. The summed E-state index contributed by atoms with van der Waals surface area (Å²) in [6.45, 7) is 0. The second-order valence-electron chi connectivity index (χ2n) is 9.86. The molecule has 1 heterocycles. The zero-order chi connectivity index (χ0) is 36.4. The summed E-state index contributed by atoms with van der Waals surface area (Å²) in [5.74, 6) is -2.47. The van der Waals surface area contributed by atoms with E-state index in [-0.39, 0.29) is 40.0 Å². The summed E-state index contributed by atoms with van der Waals surface area (Å²) in [5, 5.41) is 28.2. The summed E-state index contributed by atoms with van der Waals surface area (Å²) in [4.78, 5) is 3.60. The number of phenols is 2. The minimum atomic E-state index is -5.39. The molecule has 0 atom stereocenters. The Balaban J connectivity index is 0.00000562. The molecule has 0 aliphatic carbocycles. The third kappa shape index (κ3) is 7.60. The van der Waals surface area contributed by atoms with Gasteiger partial charge in [0.2, 0.25) is 0 Å². The van der Waals surface area contributed by atoms with Crippen LogP contribution in [0.15, 0.2) is 72.3 Å². The maximum absolute atomic E-state index is 12.4. The molecule has 269 valence electrons. The molecule has 0 fully saturated rings. The summed E-state index contributed by atoms with van der Waals surface area (Å²) < 4.78 is 137. The van der Waals surface area contributed by atoms with Gasteiger partial charge in [-0.1, -0.05) is 17.1 Å². The number of fused-ring (bicyclic) bond motifs is 2. The van der Waals surface area contributed by atoms with Crippen molar-refractivity contribution in [1.82, 2.24) is 0 Å². The predicted octanol–water partition coefficient (Wildman–Crippen LogP) is -4.48. The van der Waals surface area contributed by atoms with Crippen LogP contribution >= 0.6 is 11.6 Å². The van der Waals surface area contributed by atoms with Gasteiger partial charge in [0.1, 0.15) is 26.1 Å². The van der Waals surface area contributed by atoms with Crippen LogP contribution in [0, 0.1) is 0 Å². The average molecular weight is 846 g/mol. The Morgan fingerprint density at radius 2 is 1.36 bits per heavy atom. The SMILES string of the molecule is NC1=[NH+]C(=[NH+]c2cc(S(=O)(=O)O)cc3cc(S(=O)(=O)O)c(N=Nc4cc(S(=O)(=O)O)c5cccc(S(=O)(=O)O)c5c4O)c(O)c23)[NH2+]C(Cl)=[NH+]1.[Cu]. The first kappa shape index (κ1) is 38.6. The van der Waals surface area contributed by atoms with E-state index >= 15 is 0 Å². The maximum atomic E-state index is 12.4. The van der Waals surface area contributed by atoms with E-state index in [9.17, 15) is 62.1 Å². The number of phenolic OH excluding ortho intramolecular Hbond substituents is 2. The number of nitrogens with zero attached hydrogens (tertiary/aromatic N) is 2. The van der Waals surface area contributed by atoms with Crippen LogP contribution in [0.3, 0.4) is 0 Å². The van der Waals surface area contributed by atoms with E-state index in [4.69, 9.17) is 17.3 Å². The number of aromatic hydroxyl groups is 2. The molecular weight excluding hydrogens is 826 g/mol. The van der Waals surface area contributed by atoms with Gasteiger partial charge in [0.15, 0.2) is 17.2 Å².